The van der Waals surface area contributed by atoms with Crippen molar-refractivity contribution in [1.82, 2.24) is 15.2 Å². The van der Waals surface area contributed by atoms with Gasteiger partial charge in [-0.15, -0.1) is 5.10 Å². The highest BCUT2D eigenvalue weighted by molar-refractivity contribution is 5.89. The maximum Gasteiger partial charge on any atom is 0.337 e. The Bertz CT molecular complexity index is 886. The van der Waals surface area contributed by atoms with Gasteiger partial charge in [0.15, 0.2) is 5.82 Å². The number of aromatic nitrogens is 3. The van der Waals surface area contributed by atoms with Crippen molar-refractivity contribution in [1.29, 1.82) is 0 Å². The van der Waals surface area contributed by atoms with Gasteiger partial charge in [0.05, 0.1) is 18.9 Å². The van der Waals surface area contributed by atoms with Crippen molar-refractivity contribution in [3.8, 4) is 0 Å². The first-order valence-electron chi connectivity index (χ1n) is 7.32. The lowest BCUT2D eigenvalue weighted by Crippen LogP contribution is -2.03. The van der Waals surface area contributed by atoms with Crippen LogP contribution in [0.3, 0.4) is 0 Å². The second-order valence-electron chi connectivity index (χ2n) is 4.99. The summed E-state index contributed by atoms with van der Waals surface area (Å²) in [6.07, 6.45) is 1.43. The third kappa shape index (κ3) is 4.25. The molecule has 126 valence electrons. The van der Waals surface area contributed by atoms with Gasteiger partial charge in [-0.3, -0.25) is 0 Å². The van der Waals surface area contributed by atoms with Crippen molar-refractivity contribution in [2.24, 2.45) is 0 Å². The predicted molar refractivity (Wildman–Crippen MR) is 90.6 cm³/mol. The lowest BCUT2D eigenvalue weighted by molar-refractivity contribution is 0.0601. The Balaban J connectivity index is 1.72. The van der Waals surface area contributed by atoms with Crippen LogP contribution in [0.15, 0.2) is 54.7 Å². The minimum atomic E-state index is -0.411. The number of carbonyl (C=O) groups is 1. The molecule has 2 N–H and O–H groups in total. The van der Waals surface area contributed by atoms with Gasteiger partial charge in [0, 0.05) is 11.4 Å². The molecule has 1 heterocycles. The number of ether oxygens (including phenoxy) is 1. The van der Waals surface area contributed by atoms with Crippen LogP contribution in [0.25, 0.3) is 0 Å². The fourth-order valence-electron chi connectivity index (χ4n) is 2.07. The predicted octanol–water partition coefficient (Wildman–Crippen LogP) is 3.28. The number of anilines is 4. The van der Waals surface area contributed by atoms with E-state index in [1.807, 2.05) is 0 Å². The number of hydrogen-bond donors (Lipinski definition) is 2. The quantitative estimate of drug-likeness (QED) is 0.690. The molecular formula is C17H14FN5O2. The van der Waals surface area contributed by atoms with Gasteiger partial charge in [-0.2, -0.15) is 10.1 Å². The van der Waals surface area contributed by atoms with Crippen LogP contribution in [0.2, 0.25) is 0 Å². The Morgan fingerprint density at radius 2 is 1.88 bits per heavy atom. The van der Waals surface area contributed by atoms with E-state index in [1.54, 1.807) is 36.4 Å². The molecule has 0 bridgehead atoms. The first kappa shape index (κ1) is 16.3. The summed E-state index contributed by atoms with van der Waals surface area (Å²) in [6, 6.07) is 12.6. The van der Waals surface area contributed by atoms with Crippen LogP contribution in [-0.4, -0.2) is 28.3 Å². The summed E-state index contributed by atoms with van der Waals surface area (Å²) in [4.78, 5) is 15.7. The number of carbonyl (C=O) groups excluding carboxylic acids is 1. The molecule has 0 atom stereocenters. The number of hydrogen-bond acceptors (Lipinski definition) is 7. The van der Waals surface area contributed by atoms with E-state index >= 15 is 0 Å². The van der Waals surface area contributed by atoms with Crippen molar-refractivity contribution in [2.45, 2.75) is 0 Å². The van der Waals surface area contributed by atoms with Crippen molar-refractivity contribution in [2.75, 3.05) is 17.7 Å². The molecule has 8 heteroatoms. The van der Waals surface area contributed by atoms with Crippen LogP contribution in [0.1, 0.15) is 10.4 Å². The summed E-state index contributed by atoms with van der Waals surface area (Å²) in [5, 5.41) is 13.7. The van der Waals surface area contributed by atoms with Crippen LogP contribution in [0, 0.1) is 5.82 Å². The molecule has 0 aliphatic heterocycles. The fourth-order valence-corrected chi connectivity index (χ4v) is 2.07. The molecule has 7 nitrogen and oxygen atoms in total. The van der Waals surface area contributed by atoms with Crippen LogP contribution in [-0.2, 0) is 4.74 Å². The van der Waals surface area contributed by atoms with Gasteiger partial charge in [0.2, 0.25) is 5.95 Å². The van der Waals surface area contributed by atoms with E-state index in [4.69, 9.17) is 0 Å². The highest BCUT2D eigenvalue weighted by atomic mass is 19.1. The zero-order valence-corrected chi connectivity index (χ0v) is 13.2. The molecule has 0 unspecified atom stereocenters. The first-order chi connectivity index (χ1) is 12.1. The van der Waals surface area contributed by atoms with E-state index in [9.17, 15) is 9.18 Å². The minimum absolute atomic E-state index is 0.257. The van der Waals surface area contributed by atoms with Crippen LogP contribution < -0.4 is 10.6 Å². The summed E-state index contributed by atoms with van der Waals surface area (Å²) in [6.45, 7) is 0. The first-order valence-corrected chi connectivity index (χ1v) is 7.32. The van der Waals surface area contributed by atoms with E-state index < -0.39 is 5.97 Å². The Labute approximate surface area is 142 Å². The topological polar surface area (TPSA) is 89.0 Å². The zero-order valence-electron chi connectivity index (χ0n) is 13.2. The van der Waals surface area contributed by atoms with E-state index in [-0.39, 0.29) is 11.8 Å². The third-order valence-electron chi connectivity index (χ3n) is 3.22. The summed E-state index contributed by atoms with van der Waals surface area (Å²) in [5.74, 6) is -0.0941. The standard InChI is InChI=1S/C17H14FN5O2/c1-25-16(24)11-5-7-13(8-6-11)21-17-22-15(10-19-23-17)20-14-4-2-3-12(18)9-14/h2-10H,1H3,(H2,20,21,22,23). The second kappa shape index (κ2) is 7.35. The molecule has 0 aliphatic carbocycles. The molecule has 0 saturated heterocycles. The summed E-state index contributed by atoms with van der Waals surface area (Å²) in [5.41, 5.74) is 1.67. The maximum atomic E-state index is 13.2. The van der Waals surface area contributed by atoms with Crippen LogP contribution in [0.5, 0.6) is 0 Å². The molecular weight excluding hydrogens is 325 g/mol. The third-order valence-corrected chi connectivity index (χ3v) is 3.22. The second-order valence-corrected chi connectivity index (χ2v) is 4.99. The average molecular weight is 339 g/mol. The van der Waals surface area contributed by atoms with Crippen LogP contribution in [0.4, 0.5) is 27.5 Å². The van der Waals surface area contributed by atoms with Crippen molar-refractivity contribution < 1.29 is 13.9 Å². The van der Waals surface area contributed by atoms with Gasteiger partial charge in [-0.05, 0) is 42.5 Å². The molecule has 2 aromatic carbocycles. The number of esters is 1. The highest BCUT2D eigenvalue weighted by Crippen LogP contribution is 2.18. The molecule has 0 radical (unpaired) electrons. The smallest absolute Gasteiger partial charge is 0.337 e. The normalized spacial score (nSPS) is 10.2. The number of halogens is 1. The van der Waals surface area contributed by atoms with Gasteiger partial charge in [0.25, 0.3) is 0 Å². The molecule has 0 amide bonds. The van der Waals surface area contributed by atoms with Crippen molar-refractivity contribution in [3.05, 3.63) is 66.1 Å². The van der Waals surface area contributed by atoms with Gasteiger partial charge >= 0.3 is 5.97 Å². The largest absolute Gasteiger partial charge is 0.465 e. The number of benzene rings is 2. The van der Waals surface area contributed by atoms with Gasteiger partial charge in [-0.25, -0.2) is 9.18 Å². The molecule has 3 aromatic rings. The molecule has 0 aliphatic rings. The molecule has 25 heavy (non-hydrogen) atoms. The Morgan fingerprint density at radius 1 is 1.08 bits per heavy atom. The molecule has 0 saturated carbocycles. The lowest BCUT2D eigenvalue weighted by atomic mass is 10.2. The monoisotopic (exact) mass is 339 g/mol. The van der Waals surface area contributed by atoms with Gasteiger partial charge < -0.3 is 15.4 Å². The summed E-state index contributed by atoms with van der Waals surface area (Å²) in [7, 11) is 1.32. The Kier molecular flexibility index (Phi) is 4.79. The number of nitrogens with zero attached hydrogens (tertiary/aromatic N) is 3. The van der Waals surface area contributed by atoms with E-state index in [0.717, 1.165) is 0 Å². The number of rotatable bonds is 5. The van der Waals surface area contributed by atoms with Crippen molar-refractivity contribution in [3.63, 3.8) is 0 Å². The van der Waals surface area contributed by atoms with Gasteiger partial charge in [0.1, 0.15) is 5.82 Å². The van der Waals surface area contributed by atoms with Crippen molar-refractivity contribution >= 4 is 29.1 Å². The highest BCUT2D eigenvalue weighted by Gasteiger charge is 2.06. The Morgan fingerprint density at radius 3 is 2.60 bits per heavy atom. The maximum absolute atomic E-state index is 13.2. The average Bonchev–Trinajstić information content (AvgIpc) is 2.62. The van der Waals surface area contributed by atoms with E-state index in [0.29, 0.717) is 22.8 Å². The summed E-state index contributed by atoms with van der Waals surface area (Å²) < 4.78 is 17.9. The molecule has 0 fully saturated rings. The number of methoxy groups -OCH3 is 1. The summed E-state index contributed by atoms with van der Waals surface area (Å²) >= 11 is 0. The zero-order chi connectivity index (χ0) is 17.6. The van der Waals surface area contributed by atoms with Gasteiger partial charge in [-0.1, -0.05) is 6.07 Å². The van der Waals surface area contributed by atoms with Crippen LogP contribution >= 0.6 is 0 Å². The lowest BCUT2D eigenvalue weighted by Gasteiger charge is -2.08. The molecule has 0 spiro atoms. The SMILES string of the molecule is COC(=O)c1ccc(Nc2nncc(Nc3cccc(F)c3)n2)cc1. The molecule has 3 rings (SSSR count). The minimum Gasteiger partial charge on any atom is -0.465 e. The molecule has 1 aromatic heterocycles. The van der Waals surface area contributed by atoms with E-state index in [1.165, 1.54) is 25.4 Å². The Hall–Kier alpha value is -3.55. The van der Waals surface area contributed by atoms with E-state index in [2.05, 4.69) is 30.6 Å². The number of nitrogens with one attached hydrogen (secondary N) is 2. The fraction of sp³-hybridized carbons (Fsp3) is 0.0588.